The molecule has 17 heavy (non-hydrogen) atoms. The topological polar surface area (TPSA) is 0 Å². The molecule has 0 radical (unpaired) electrons. The van der Waals surface area contributed by atoms with Crippen LogP contribution in [0.3, 0.4) is 0 Å². The predicted octanol–water partition coefficient (Wildman–Crippen LogP) is 3.51. The molecule has 4 rings (SSSR count). The van der Waals surface area contributed by atoms with Gasteiger partial charge in [0.25, 0.3) is 0 Å². The molecule has 0 aromatic heterocycles. The van der Waals surface area contributed by atoms with E-state index in [0.717, 1.165) is 22.6 Å². The molecule has 1 aromatic rings. The van der Waals surface area contributed by atoms with Crippen molar-refractivity contribution in [3.05, 3.63) is 30.3 Å². The second-order valence-electron chi connectivity index (χ2n) is 6.42. The van der Waals surface area contributed by atoms with Gasteiger partial charge in [0.05, 0.1) is 0 Å². The van der Waals surface area contributed by atoms with E-state index in [1.54, 1.807) is 4.46 Å². The molecule has 3 fully saturated rings. The van der Waals surface area contributed by atoms with Crippen molar-refractivity contribution in [3.8, 4) is 0 Å². The first-order chi connectivity index (χ1) is 8.09. The first-order valence-corrected chi connectivity index (χ1v) is 8.65. The third-order valence-electron chi connectivity index (χ3n) is 5.31. The van der Waals surface area contributed by atoms with Gasteiger partial charge in [0.2, 0.25) is 0 Å². The quantitative estimate of drug-likeness (QED) is 0.732. The summed E-state index contributed by atoms with van der Waals surface area (Å²) in [5, 5.41) is 0. The summed E-state index contributed by atoms with van der Waals surface area (Å²) in [6, 6.07) is 11.1. The second kappa shape index (κ2) is 4.14. The van der Waals surface area contributed by atoms with E-state index < -0.39 is 0 Å². The number of rotatable bonds is 2. The summed E-state index contributed by atoms with van der Waals surface area (Å²) >= 11 is 0.689. The van der Waals surface area contributed by atoms with Gasteiger partial charge >= 0.3 is 111 Å². The summed E-state index contributed by atoms with van der Waals surface area (Å²) in [5.41, 5.74) is 0.642. The van der Waals surface area contributed by atoms with E-state index in [4.69, 9.17) is 0 Å². The summed E-state index contributed by atoms with van der Waals surface area (Å²) in [5.74, 6) is 2.95. The van der Waals surface area contributed by atoms with Gasteiger partial charge in [-0.1, -0.05) is 0 Å². The van der Waals surface area contributed by atoms with Gasteiger partial charge in [-0.15, -0.1) is 0 Å². The Labute approximate surface area is 111 Å². The minimum atomic E-state index is 0.642. The molecular formula is C16H22Se. The monoisotopic (exact) mass is 294 g/mol. The van der Waals surface area contributed by atoms with Crippen LogP contribution in [0.15, 0.2) is 30.3 Å². The fourth-order valence-electron chi connectivity index (χ4n) is 3.93. The van der Waals surface area contributed by atoms with Gasteiger partial charge < -0.3 is 0 Å². The summed E-state index contributed by atoms with van der Waals surface area (Å²) in [6.45, 7) is 7.50. The molecule has 1 heteroatoms. The Balaban J connectivity index is 1.71. The van der Waals surface area contributed by atoms with Crippen molar-refractivity contribution in [2.75, 3.05) is 0 Å². The molecule has 0 aliphatic heterocycles. The zero-order chi connectivity index (χ0) is 12.0. The Kier molecular flexibility index (Phi) is 2.88. The third kappa shape index (κ3) is 1.88. The Morgan fingerprint density at radius 3 is 2.41 bits per heavy atom. The number of fused-ring (bicyclic) bond motifs is 2. The van der Waals surface area contributed by atoms with Gasteiger partial charge in [-0.05, 0) is 0 Å². The summed E-state index contributed by atoms with van der Waals surface area (Å²) < 4.78 is 1.59. The van der Waals surface area contributed by atoms with E-state index in [9.17, 15) is 0 Å². The number of hydrogen-bond acceptors (Lipinski definition) is 0. The Morgan fingerprint density at radius 1 is 1.12 bits per heavy atom. The molecule has 0 saturated heterocycles. The van der Waals surface area contributed by atoms with Crippen molar-refractivity contribution in [2.45, 2.75) is 38.4 Å². The van der Waals surface area contributed by atoms with E-state index in [-0.39, 0.29) is 0 Å². The molecule has 4 atom stereocenters. The van der Waals surface area contributed by atoms with Gasteiger partial charge in [0.1, 0.15) is 0 Å². The van der Waals surface area contributed by atoms with Crippen LogP contribution in [-0.4, -0.2) is 15.0 Å². The van der Waals surface area contributed by atoms with Gasteiger partial charge in [-0.2, -0.15) is 0 Å². The van der Waals surface area contributed by atoms with Crippen LogP contribution in [0.5, 0.6) is 0 Å². The standard InChI is InChI=1S/C16H22Se/c1-11-14-9-12(16(14,2)3)10-15(11)17-13-7-5-4-6-8-13/h4-8,11-12,14-15H,9-10H2,1-3H3/t11-,12+,14-,15-/m1/s1. The van der Waals surface area contributed by atoms with Crippen LogP contribution >= 0.6 is 0 Å². The molecule has 0 unspecified atom stereocenters. The van der Waals surface area contributed by atoms with Crippen molar-refractivity contribution >= 4 is 19.4 Å². The van der Waals surface area contributed by atoms with Crippen molar-refractivity contribution in [1.29, 1.82) is 0 Å². The zero-order valence-corrected chi connectivity index (χ0v) is 12.7. The van der Waals surface area contributed by atoms with E-state index in [2.05, 4.69) is 51.1 Å². The average Bonchev–Trinajstić information content (AvgIpc) is 2.32. The van der Waals surface area contributed by atoms with Gasteiger partial charge in [0, 0.05) is 0 Å². The molecule has 0 heterocycles. The summed E-state index contributed by atoms with van der Waals surface area (Å²) in [7, 11) is 0. The van der Waals surface area contributed by atoms with E-state index in [1.807, 2.05) is 0 Å². The van der Waals surface area contributed by atoms with Gasteiger partial charge in [0.15, 0.2) is 0 Å². The first-order valence-electron chi connectivity index (χ1n) is 6.80. The predicted molar refractivity (Wildman–Crippen MR) is 74.7 cm³/mol. The van der Waals surface area contributed by atoms with Crippen molar-refractivity contribution < 1.29 is 0 Å². The van der Waals surface area contributed by atoms with Crippen LogP contribution in [0.4, 0.5) is 0 Å². The molecule has 0 amide bonds. The minimum absolute atomic E-state index is 0.642. The molecule has 1 aromatic carbocycles. The molecule has 3 aliphatic carbocycles. The normalized spacial score (nSPS) is 38.5. The Morgan fingerprint density at radius 2 is 1.82 bits per heavy atom. The number of benzene rings is 1. The van der Waals surface area contributed by atoms with Crippen LogP contribution in [0.1, 0.15) is 33.6 Å². The van der Waals surface area contributed by atoms with Crippen LogP contribution in [0.25, 0.3) is 0 Å². The molecule has 3 aliphatic rings. The van der Waals surface area contributed by atoms with Gasteiger partial charge in [-0.25, -0.2) is 0 Å². The fourth-order valence-corrected chi connectivity index (χ4v) is 6.86. The third-order valence-corrected chi connectivity index (χ3v) is 8.40. The zero-order valence-electron chi connectivity index (χ0n) is 11.0. The van der Waals surface area contributed by atoms with Crippen molar-refractivity contribution in [2.24, 2.45) is 23.2 Å². The summed E-state index contributed by atoms with van der Waals surface area (Å²) in [6.07, 6.45) is 3.00. The van der Waals surface area contributed by atoms with E-state index in [1.165, 1.54) is 12.8 Å². The second-order valence-corrected chi connectivity index (χ2v) is 9.18. The molecular weight excluding hydrogens is 271 g/mol. The van der Waals surface area contributed by atoms with Crippen LogP contribution in [0.2, 0.25) is 4.82 Å². The summed E-state index contributed by atoms with van der Waals surface area (Å²) in [4.78, 5) is 0.988. The van der Waals surface area contributed by atoms with Crippen LogP contribution in [0, 0.1) is 23.2 Å². The molecule has 92 valence electrons. The first kappa shape index (κ1) is 11.8. The van der Waals surface area contributed by atoms with Crippen molar-refractivity contribution in [3.63, 3.8) is 0 Å². The van der Waals surface area contributed by atoms with E-state index >= 15 is 0 Å². The molecule has 2 bridgehead atoms. The fraction of sp³-hybridized carbons (Fsp3) is 0.625. The van der Waals surface area contributed by atoms with Crippen LogP contribution < -0.4 is 4.46 Å². The Bertz CT molecular complexity index is 395. The maximum atomic E-state index is 2.51. The molecule has 3 saturated carbocycles. The molecule has 0 nitrogen and oxygen atoms in total. The Hall–Kier alpha value is -0.261. The molecule has 0 N–H and O–H groups in total. The van der Waals surface area contributed by atoms with Crippen molar-refractivity contribution in [1.82, 2.24) is 0 Å². The van der Waals surface area contributed by atoms with Crippen LogP contribution in [-0.2, 0) is 0 Å². The SMILES string of the molecule is C[C@@H]1[C@H]2C[C@@H](C[C@H]1[Se]c1ccccc1)C2(C)C. The number of hydrogen-bond donors (Lipinski definition) is 0. The molecule has 0 spiro atoms. The average molecular weight is 293 g/mol. The van der Waals surface area contributed by atoms with Gasteiger partial charge in [-0.3, -0.25) is 0 Å². The maximum absolute atomic E-state index is 2.51. The van der Waals surface area contributed by atoms with E-state index in [0.29, 0.717) is 20.4 Å².